The van der Waals surface area contributed by atoms with Crippen molar-refractivity contribution in [2.45, 2.75) is 6.18 Å². The lowest BCUT2D eigenvalue weighted by atomic mass is 10.1. The van der Waals surface area contributed by atoms with Crippen molar-refractivity contribution in [3.05, 3.63) is 23.8 Å². The molecule has 0 saturated heterocycles. The first-order valence-electron chi connectivity index (χ1n) is 4.55. The topological polar surface area (TPSA) is 75.6 Å². The van der Waals surface area contributed by atoms with E-state index in [0.717, 1.165) is 18.2 Å². The van der Waals surface area contributed by atoms with Crippen molar-refractivity contribution in [3.8, 4) is 5.75 Å². The van der Waals surface area contributed by atoms with E-state index in [1.54, 1.807) is 5.32 Å². The summed E-state index contributed by atoms with van der Waals surface area (Å²) in [6.07, 6.45) is -5.04. The SMILES string of the molecule is COc1ccc(NC(=O)C(F)(F)F)cc1C(=O)O. The third-order valence-electron chi connectivity index (χ3n) is 1.95. The van der Waals surface area contributed by atoms with Gasteiger partial charge in [-0.25, -0.2) is 4.79 Å². The number of carboxylic acids is 1. The number of carbonyl (C=O) groups excluding carboxylic acids is 1. The molecule has 0 aliphatic heterocycles. The van der Waals surface area contributed by atoms with Gasteiger partial charge in [-0.15, -0.1) is 0 Å². The Labute approximate surface area is 99.2 Å². The van der Waals surface area contributed by atoms with Crippen molar-refractivity contribution in [2.24, 2.45) is 0 Å². The average molecular weight is 263 g/mol. The first-order valence-corrected chi connectivity index (χ1v) is 4.55. The van der Waals surface area contributed by atoms with Crippen LogP contribution in [0.15, 0.2) is 18.2 Å². The Morgan fingerprint density at radius 1 is 1.33 bits per heavy atom. The number of anilines is 1. The molecular weight excluding hydrogens is 255 g/mol. The lowest BCUT2D eigenvalue weighted by Crippen LogP contribution is -2.30. The Morgan fingerprint density at radius 2 is 1.94 bits per heavy atom. The van der Waals surface area contributed by atoms with Crippen LogP contribution in [0.1, 0.15) is 10.4 Å². The van der Waals surface area contributed by atoms with Gasteiger partial charge in [0.1, 0.15) is 11.3 Å². The molecule has 8 heteroatoms. The van der Waals surface area contributed by atoms with Crippen LogP contribution in [0.2, 0.25) is 0 Å². The fraction of sp³-hybridized carbons (Fsp3) is 0.200. The molecule has 1 amide bonds. The third kappa shape index (κ3) is 3.12. The maximum atomic E-state index is 12.0. The number of rotatable bonds is 3. The molecule has 1 rings (SSSR count). The molecule has 0 spiro atoms. The summed E-state index contributed by atoms with van der Waals surface area (Å²) >= 11 is 0. The highest BCUT2D eigenvalue weighted by atomic mass is 19.4. The number of benzene rings is 1. The molecule has 98 valence electrons. The van der Waals surface area contributed by atoms with Crippen LogP contribution in [0.25, 0.3) is 0 Å². The number of aromatic carboxylic acids is 1. The second kappa shape index (κ2) is 4.94. The molecule has 0 bridgehead atoms. The zero-order valence-electron chi connectivity index (χ0n) is 9.04. The fourth-order valence-electron chi connectivity index (χ4n) is 1.15. The molecule has 5 nitrogen and oxygen atoms in total. The van der Waals surface area contributed by atoms with Crippen molar-refractivity contribution in [2.75, 3.05) is 12.4 Å². The van der Waals surface area contributed by atoms with Crippen LogP contribution in [0.5, 0.6) is 5.75 Å². The van der Waals surface area contributed by atoms with Crippen LogP contribution in [0.3, 0.4) is 0 Å². The average Bonchev–Trinajstić information content (AvgIpc) is 2.27. The van der Waals surface area contributed by atoms with Crippen molar-refractivity contribution < 1.29 is 32.6 Å². The number of hydrogen-bond acceptors (Lipinski definition) is 3. The van der Waals surface area contributed by atoms with Gasteiger partial charge in [0.2, 0.25) is 0 Å². The largest absolute Gasteiger partial charge is 0.496 e. The highest BCUT2D eigenvalue weighted by Gasteiger charge is 2.38. The first kappa shape index (κ1) is 13.8. The van der Waals surface area contributed by atoms with Gasteiger partial charge in [0, 0.05) is 5.69 Å². The predicted molar refractivity (Wildman–Crippen MR) is 54.6 cm³/mol. The van der Waals surface area contributed by atoms with Crippen LogP contribution in [-0.4, -0.2) is 30.3 Å². The zero-order chi connectivity index (χ0) is 13.9. The molecule has 0 heterocycles. The van der Waals surface area contributed by atoms with Crippen molar-refractivity contribution >= 4 is 17.6 Å². The Bertz CT molecular complexity index is 485. The van der Waals surface area contributed by atoms with Gasteiger partial charge in [-0.3, -0.25) is 4.79 Å². The van der Waals surface area contributed by atoms with Gasteiger partial charge in [-0.05, 0) is 18.2 Å². The van der Waals surface area contributed by atoms with Crippen LogP contribution in [-0.2, 0) is 4.79 Å². The monoisotopic (exact) mass is 263 g/mol. The molecule has 0 saturated carbocycles. The lowest BCUT2D eigenvalue weighted by molar-refractivity contribution is -0.167. The van der Waals surface area contributed by atoms with Gasteiger partial charge >= 0.3 is 18.1 Å². The lowest BCUT2D eigenvalue weighted by Gasteiger charge is -2.10. The summed E-state index contributed by atoms with van der Waals surface area (Å²) in [6.45, 7) is 0. The van der Waals surface area contributed by atoms with E-state index in [4.69, 9.17) is 9.84 Å². The maximum Gasteiger partial charge on any atom is 0.471 e. The second-order valence-corrected chi connectivity index (χ2v) is 3.17. The quantitative estimate of drug-likeness (QED) is 0.873. The van der Waals surface area contributed by atoms with E-state index in [2.05, 4.69) is 0 Å². The smallest absolute Gasteiger partial charge is 0.471 e. The highest BCUT2D eigenvalue weighted by molar-refractivity contribution is 5.97. The van der Waals surface area contributed by atoms with E-state index in [-0.39, 0.29) is 17.0 Å². The normalized spacial score (nSPS) is 10.9. The van der Waals surface area contributed by atoms with E-state index < -0.39 is 18.1 Å². The van der Waals surface area contributed by atoms with Gasteiger partial charge in [-0.1, -0.05) is 0 Å². The number of alkyl halides is 3. The summed E-state index contributed by atoms with van der Waals surface area (Å²) in [5, 5.41) is 10.3. The molecule has 0 unspecified atom stereocenters. The van der Waals surface area contributed by atoms with E-state index in [0.29, 0.717) is 0 Å². The van der Waals surface area contributed by atoms with E-state index >= 15 is 0 Å². The zero-order valence-corrected chi connectivity index (χ0v) is 9.04. The van der Waals surface area contributed by atoms with Gasteiger partial charge < -0.3 is 15.2 Å². The standard InChI is InChI=1S/C10H8F3NO4/c1-18-7-3-2-5(4-6(7)8(15)16)14-9(17)10(11,12)13/h2-4H,1H3,(H,14,17)(H,15,16). The van der Waals surface area contributed by atoms with Crippen LogP contribution < -0.4 is 10.1 Å². The summed E-state index contributed by atoms with van der Waals surface area (Å²) in [5.74, 6) is -3.58. The number of methoxy groups -OCH3 is 1. The number of halogens is 3. The molecule has 0 atom stereocenters. The highest BCUT2D eigenvalue weighted by Crippen LogP contribution is 2.24. The summed E-state index contributed by atoms with van der Waals surface area (Å²) in [7, 11) is 1.22. The van der Waals surface area contributed by atoms with Gasteiger partial charge in [0.25, 0.3) is 0 Å². The van der Waals surface area contributed by atoms with Crippen LogP contribution in [0.4, 0.5) is 18.9 Å². The summed E-state index contributed by atoms with van der Waals surface area (Å²) < 4.78 is 40.7. The van der Waals surface area contributed by atoms with Gasteiger partial charge in [-0.2, -0.15) is 13.2 Å². The Hall–Kier alpha value is -2.25. The Balaban J connectivity index is 3.03. The molecular formula is C10H8F3NO4. The van der Waals surface area contributed by atoms with Gasteiger partial charge in [0.05, 0.1) is 7.11 Å². The summed E-state index contributed by atoms with van der Waals surface area (Å²) in [5.41, 5.74) is -0.631. The number of hydrogen-bond donors (Lipinski definition) is 2. The minimum Gasteiger partial charge on any atom is -0.496 e. The van der Waals surface area contributed by atoms with Gasteiger partial charge in [0.15, 0.2) is 0 Å². The Kier molecular flexibility index (Phi) is 3.79. The predicted octanol–water partition coefficient (Wildman–Crippen LogP) is 1.89. The molecule has 18 heavy (non-hydrogen) atoms. The molecule has 0 radical (unpaired) electrons. The number of carbonyl (C=O) groups is 2. The molecule has 1 aromatic carbocycles. The molecule has 0 aliphatic carbocycles. The second-order valence-electron chi connectivity index (χ2n) is 3.17. The number of amides is 1. The summed E-state index contributed by atoms with van der Waals surface area (Å²) in [6, 6.07) is 3.13. The molecule has 0 aliphatic rings. The van der Waals surface area contributed by atoms with E-state index in [1.165, 1.54) is 7.11 Å². The number of ether oxygens (including phenoxy) is 1. The van der Waals surface area contributed by atoms with Crippen molar-refractivity contribution in [1.82, 2.24) is 0 Å². The van der Waals surface area contributed by atoms with Crippen LogP contribution in [0, 0.1) is 0 Å². The molecule has 1 aromatic rings. The van der Waals surface area contributed by atoms with E-state index in [9.17, 15) is 22.8 Å². The van der Waals surface area contributed by atoms with Crippen LogP contribution >= 0.6 is 0 Å². The minimum atomic E-state index is -5.04. The minimum absolute atomic E-state index is 0.0208. The molecule has 2 N–H and O–H groups in total. The summed E-state index contributed by atoms with van der Waals surface area (Å²) in [4.78, 5) is 21.5. The molecule has 0 fully saturated rings. The fourth-order valence-corrected chi connectivity index (χ4v) is 1.15. The Morgan fingerprint density at radius 3 is 2.39 bits per heavy atom. The van der Waals surface area contributed by atoms with E-state index in [1.807, 2.05) is 0 Å². The third-order valence-corrected chi connectivity index (χ3v) is 1.95. The number of nitrogens with one attached hydrogen (secondary N) is 1. The molecule has 0 aromatic heterocycles. The maximum absolute atomic E-state index is 12.0. The first-order chi connectivity index (χ1) is 8.25. The van der Waals surface area contributed by atoms with Crippen molar-refractivity contribution in [3.63, 3.8) is 0 Å². The number of carboxylic acid groups (broad SMARTS) is 1. The van der Waals surface area contributed by atoms with Crippen molar-refractivity contribution in [1.29, 1.82) is 0 Å².